The Balaban J connectivity index is 1.82. The van der Waals surface area contributed by atoms with Gasteiger partial charge in [-0.05, 0) is 51.1 Å². The molecule has 164 valence electrons. The van der Waals surface area contributed by atoms with Crippen molar-refractivity contribution < 1.29 is 19.0 Å². The fraction of sp³-hybridized carbons (Fsp3) is 0.375. The van der Waals surface area contributed by atoms with Crippen molar-refractivity contribution in [1.29, 1.82) is 0 Å². The number of hydrogen-bond donors (Lipinski definition) is 1. The molecule has 1 N–H and O–H groups in total. The highest BCUT2D eigenvalue weighted by molar-refractivity contribution is 6.04. The molecule has 0 aliphatic carbocycles. The Hall–Kier alpha value is -3.03. The summed E-state index contributed by atoms with van der Waals surface area (Å²) in [6, 6.07) is 15.0. The molecule has 0 aliphatic rings. The van der Waals surface area contributed by atoms with Crippen molar-refractivity contribution in [3.63, 3.8) is 0 Å². The summed E-state index contributed by atoms with van der Waals surface area (Å²) < 4.78 is 16.6. The van der Waals surface area contributed by atoms with Crippen LogP contribution in [0.1, 0.15) is 37.7 Å². The molecule has 7 nitrogen and oxygen atoms in total. The number of para-hydroxylation sites is 1. The molecule has 1 aromatic heterocycles. The van der Waals surface area contributed by atoms with Gasteiger partial charge in [-0.1, -0.05) is 18.2 Å². The first-order valence-electron chi connectivity index (χ1n) is 10.7. The summed E-state index contributed by atoms with van der Waals surface area (Å²) in [7, 11) is 0. The van der Waals surface area contributed by atoms with E-state index in [9.17, 15) is 4.79 Å². The van der Waals surface area contributed by atoms with Crippen LogP contribution in [0.25, 0.3) is 22.3 Å². The van der Waals surface area contributed by atoms with Gasteiger partial charge in [-0.2, -0.15) is 0 Å². The highest BCUT2D eigenvalue weighted by Gasteiger charge is 2.16. The lowest BCUT2D eigenvalue weighted by Gasteiger charge is -2.17. The van der Waals surface area contributed by atoms with Gasteiger partial charge in [0.1, 0.15) is 11.4 Å². The topological polar surface area (TPSA) is 82.6 Å². The van der Waals surface area contributed by atoms with Crippen LogP contribution in [0.2, 0.25) is 0 Å². The van der Waals surface area contributed by atoms with Crippen LogP contribution in [-0.4, -0.2) is 48.5 Å². The Labute approximate surface area is 182 Å². The van der Waals surface area contributed by atoms with Gasteiger partial charge in [0.05, 0.1) is 12.1 Å². The van der Waals surface area contributed by atoms with Crippen LogP contribution in [-0.2, 0) is 9.47 Å². The molecule has 0 saturated carbocycles. The van der Waals surface area contributed by atoms with Crippen molar-refractivity contribution in [2.75, 3.05) is 26.4 Å². The van der Waals surface area contributed by atoms with Gasteiger partial charge in [-0.15, -0.1) is 0 Å². The predicted molar refractivity (Wildman–Crippen MR) is 120 cm³/mol. The summed E-state index contributed by atoms with van der Waals surface area (Å²) in [5.74, 6) is 1.02. The third-order valence-corrected chi connectivity index (χ3v) is 4.61. The van der Waals surface area contributed by atoms with Gasteiger partial charge in [-0.3, -0.25) is 4.79 Å². The van der Waals surface area contributed by atoms with Gasteiger partial charge < -0.3 is 19.5 Å². The third-order valence-electron chi connectivity index (χ3n) is 4.61. The number of nitrogens with one attached hydrogen (secondary N) is 1. The molecule has 0 atom stereocenters. The molecule has 1 heterocycles. The minimum Gasteiger partial charge on any atom is -0.494 e. The zero-order valence-electron chi connectivity index (χ0n) is 18.3. The van der Waals surface area contributed by atoms with Gasteiger partial charge in [0.15, 0.2) is 12.1 Å². The first-order chi connectivity index (χ1) is 15.2. The van der Waals surface area contributed by atoms with Crippen molar-refractivity contribution in [3.8, 4) is 17.1 Å². The zero-order valence-corrected chi connectivity index (χ0v) is 18.3. The van der Waals surface area contributed by atoms with Crippen molar-refractivity contribution in [1.82, 2.24) is 15.3 Å². The third kappa shape index (κ3) is 5.99. The van der Waals surface area contributed by atoms with Crippen molar-refractivity contribution in [2.24, 2.45) is 0 Å². The molecule has 0 fully saturated rings. The fourth-order valence-corrected chi connectivity index (χ4v) is 3.22. The Morgan fingerprint density at radius 2 is 1.65 bits per heavy atom. The number of hydrogen-bond acceptors (Lipinski definition) is 6. The minimum atomic E-state index is -0.336. The van der Waals surface area contributed by atoms with Crippen LogP contribution >= 0.6 is 0 Å². The second kappa shape index (κ2) is 11.4. The number of ether oxygens (including phenoxy) is 3. The van der Waals surface area contributed by atoms with E-state index in [4.69, 9.17) is 14.2 Å². The number of carbonyl (C=O) groups is 1. The van der Waals surface area contributed by atoms with E-state index in [-0.39, 0.29) is 12.2 Å². The molecule has 0 spiro atoms. The van der Waals surface area contributed by atoms with Gasteiger partial charge in [0, 0.05) is 37.1 Å². The van der Waals surface area contributed by atoms with Crippen LogP contribution in [0.4, 0.5) is 0 Å². The van der Waals surface area contributed by atoms with E-state index < -0.39 is 0 Å². The predicted octanol–water partition coefficient (Wildman–Crippen LogP) is 4.21. The lowest BCUT2D eigenvalue weighted by atomic mass is 10.1. The van der Waals surface area contributed by atoms with Crippen LogP contribution in [0.5, 0.6) is 5.75 Å². The Bertz CT molecular complexity index is 986. The van der Waals surface area contributed by atoms with Gasteiger partial charge in [0.2, 0.25) is 0 Å². The molecule has 0 aliphatic heterocycles. The van der Waals surface area contributed by atoms with Crippen LogP contribution in [0, 0.1) is 0 Å². The van der Waals surface area contributed by atoms with Crippen molar-refractivity contribution in [3.05, 3.63) is 54.2 Å². The van der Waals surface area contributed by atoms with Gasteiger partial charge in [-0.25, -0.2) is 9.97 Å². The van der Waals surface area contributed by atoms with Gasteiger partial charge >= 0.3 is 0 Å². The van der Waals surface area contributed by atoms with E-state index in [1.807, 2.05) is 69.3 Å². The Morgan fingerprint density at radius 3 is 2.32 bits per heavy atom. The molecule has 31 heavy (non-hydrogen) atoms. The molecule has 0 unspecified atom stereocenters. The number of aromatic nitrogens is 2. The molecule has 2 aromatic carbocycles. The standard InChI is InChI=1S/C24H29N3O4/c1-4-29-18-13-11-17(12-14-18)23-26-20-10-8-7-9-19(20)22(27-23)24(28)25-16-15-21(30-5-2)31-6-3/h7-14,21H,4-6,15-16H2,1-3H3,(H,25,28). The number of amides is 1. The molecule has 0 saturated heterocycles. The first kappa shape index (κ1) is 22.7. The fourth-order valence-electron chi connectivity index (χ4n) is 3.22. The lowest BCUT2D eigenvalue weighted by Crippen LogP contribution is -2.30. The maximum Gasteiger partial charge on any atom is 0.270 e. The number of carbonyl (C=O) groups excluding carboxylic acids is 1. The van der Waals surface area contributed by atoms with E-state index in [0.717, 1.165) is 11.3 Å². The zero-order chi connectivity index (χ0) is 22.1. The summed E-state index contributed by atoms with van der Waals surface area (Å²) in [5.41, 5.74) is 1.88. The quantitative estimate of drug-likeness (QED) is 0.465. The highest BCUT2D eigenvalue weighted by Crippen LogP contribution is 2.23. The second-order valence-electron chi connectivity index (χ2n) is 6.76. The number of benzene rings is 2. The molecule has 1 amide bonds. The molecular weight excluding hydrogens is 394 g/mol. The maximum absolute atomic E-state index is 13.0. The summed E-state index contributed by atoms with van der Waals surface area (Å²) in [6.45, 7) is 7.90. The Morgan fingerprint density at radius 1 is 0.935 bits per heavy atom. The molecule has 3 aromatic rings. The molecule has 0 bridgehead atoms. The monoisotopic (exact) mass is 423 g/mol. The minimum absolute atomic E-state index is 0.252. The molecular formula is C24H29N3O4. The van der Waals surface area contributed by atoms with Crippen LogP contribution < -0.4 is 10.1 Å². The second-order valence-corrected chi connectivity index (χ2v) is 6.76. The summed E-state index contributed by atoms with van der Waals surface area (Å²) in [4.78, 5) is 22.2. The largest absolute Gasteiger partial charge is 0.494 e. The van der Waals surface area contributed by atoms with Gasteiger partial charge in [0.25, 0.3) is 5.91 Å². The first-order valence-corrected chi connectivity index (χ1v) is 10.7. The van der Waals surface area contributed by atoms with E-state index in [1.54, 1.807) is 0 Å². The Kier molecular flexibility index (Phi) is 8.32. The highest BCUT2D eigenvalue weighted by atomic mass is 16.7. The average molecular weight is 424 g/mol. The maximum atomic E-state index is 13.0. The summed E-state index contributed by atoms with van der Waals surface area (Å²) >= 11 is 0. The summed E-state index contributed by atoms with van der Waals surface area (Å²) in [5, 5.41) is 3.64. The van der Waals surface area contributed by atoms with Crippen molar-refractivity contribution >= 4 is 16.8 Å². The smallest absolute Gasteiger partial charge is 0.270 e. The average Bonchev–Trinajstić information content (AvgIpc) is 2.79. The van der Waals surface area contributed by atoms with E-state index >= 15 is 0 Å². The number of nitrogens with zero attached hydrogens (tertiary/aromatic N) is 2. The van der Waals surface area contributed by atoms with E-state index in [0.29, 0.717) is 55.2 Å². The SMILES string of the molecule is CCOc1ccc(-c2nc(C(=O)NCCC(OCC)OCC)c3ccccc3n2)cc1. The van der Waals surface area contributed by atoms with Crippen molar-refractivity contribution in [2.45, 2.75) is 33.5 Å². The molecule has 3 rings (SSSR count). The van der Waals surface area contributed by atoms with E-state index in [1.165, 1.54) is 0 Å². The summed E-state index contributed by atoms with van der Waals surface area (Å²) in [6.07, 6.45) is 0.221. The van der Waals surface area contributed by atoms with Crippen LogP contribution in [0.3, 0.4) is 0 Å². The number of rotatable bonds is 11. The molecule has 0 radical (unpaired) electrons. The lowest BCUT2D eigenvalue weighted by molar-refractivity contribution is -0.138. The van der Waals surface area contributed by atoms with Crippen LogP contribution in [0.15, 0.2) is 48.5 Å². The van der Waals surface area contributed by atoms with E-state index in [2.05, 4.69) is 15.3 Å². The number of fused-ring (bicyclic) bond motifs is 1. The molecule has 7 heteroatoms. The normalized spacial score (nSPS) is 11.1.